The molecule has 0 atom stereocenters. The summed E-state index contributed by atoms with van der Waals surface area (Å²) in [7, 11) is 0. The second kappa shape index (κ2) is 7.01. The molecule has 30 heavy (non-hydrogen) atoms. The largest absolute Gasteiger partial charge is 0.367 e. The fourth-order valence-electron chi connectivity index (χ4n) is 5.00. The molecule has 2 aromatic carbocycles. The van der Waals surface area contributed by atoms with Gasteiger partial charge in [-0.1, -0.05) is 6.07 Å². The van der Waals surface area contributed by atoms with Crippen LogP contribution >= 0.6 is 0 Å². The van der Waals surface area contributed by atoms with Gasteiger partial charge in [0.1, 0.15) is 11.6 Å². The number of benzene rings is 2. The maximum Gasteiger partial charge on any atom is 0.129 e. The van der Waals surface area contributed by atoms with Gasteiger partial charge in [-0.25, -0.2) is 9.37 Å². The van der Waals surface area contributed by atoms with E-state index in [1.54, 1.807) is 6.07 Å². The van der Waals surface area contributed by atoms with E-state index in [1.807, 2.05) is 6.07 Å². The second-order valence-electron chi connectivity index (χ2n) is 8.54. The minimum Gasteiger partial charge on any atom is -0.367 e. The number of halogens is 1. The Bertz CT molecular complexity index is 1240. The van der Waals surface area contributed by atoms with Crippen LogP contribution in [0.25, 0.3) is 21.8 Å². The highest BCUT2D eigenvalue weighted by Gasteiger charge is 2.22. The highest BCUT2D eigenvalue weighted by Crippen LogP contribution is 2.32. The van der Waals surface area contributed by atoms with Gasteiger partial charge >= 0.3 is 0 Å². The monoisotopic (exact) mass is 400 g/mol. The smallest absolute Gasteiger partial charge is 0.129 e. The molecule has 2 aliphatic heterocycles. The average molecular weight is 401 g/mol. The van der Waals surface area contributed by atoms with Crippen molar-refractivity contribution < 1.29 is 4.39 Å². The Hall–Kier alpha value is -3.08. The summed E-state index contributed by atoms with van der Waals surface area (Å²) < 4.78 is 13.8. The summed E-state index contributed by atoms with van der Waals surface area (Å²) in [4.78, 5) is 13.3. The van der Waals surface area contributed by atoms with Crippen molar-refractivity contribution in [1.82, 2.24) is 9.97 Å². The number of nitrogens with zero attached hydrogens (tertiary/aromatic N) is 3. The van der Waals surface area contributed by atoms with Crippen LogP contribution in [0.1, 0.15) is 30.5 Å². The zero-order chi connectivity index (χ0) is 20.1. The third-order valence-electron chi connectivity index (χ3n) is 6.64. The van der Waals surface area contributed by atoms with Gasteiger partial charge in [0.05, 0.1) is 5.52 Å². The van der Waals surface area contributed by atoms with E-state index in [-0.39, 0.29) is 5.82 Å². The Kier molecular flexibility index (Phi) is 4.15. The van der Waals surface area contributed by atoms with Gasteiger partial charge in [-0.3, -0.25) is 0 Å². The molecule has 0 aliphatic carbocycles. The standard InChI is InChI=1S/C25H25FN4/c26-18-6-8-22-20(14-18)21-16-30(13-10-23(21)27-22)19-7-4-17-5-9-25(28-24(17)15-19)29-11-2-1-3-12-29/h4-9,14-15,27H,1-3,10-13,16H2. The summed E-state index contributed by atoms with van der Waals surface area (Å²) in [5.41, 5.74) is 5.70. The van der Waals surface area contributed by atoms with Gasteiger partial charge < -0.3 is 14.8 Å². The van der Waals surface area contributed by atoms with Crippen molar-refractivity contribution in [2.75, 3.05) is 29.4 Å². The molecule has 0 unspecified atom stereocenters. The number of hydrogen-bond acceptors (Lipinski definition) is 3. The fourth-order valence-corrected chi connectivity index (χ4v) is 5.00. The van der Waals surface area contributed by atoms with E-state index in [1.165, 1.54) is 47.7 Å². The van der Waals surface area contributed by atoms with E-state index >= 15 is 0 Å². The lowest BCUT2D eigenvalue weighted by molar-refractivity contribution is 0.574. The molecule has 0 amide bonds. The summed E-state index contributed by atoms with van der Waals surface area (Å²) in [6.45, 7) is 3.93. The molecular formula is C25H25FN4. The van der Waals surface area contributed by atoms with Crippen molar-refractivity contribution in [2.45, 2.75) is 32.2 Å². The van der Waals surface area contributed by atoms with Crippen LogP contribution in [0.4, 0.5) is 15.9 Å². The van der Waals surface area contributed by atoms with Gasteiger partial charge in [-0.05, 0) is 61.7 Å². The number of H-pyrrole nitrogens is 1. The van der Waals surface area contributed by atoms with Crippen molar-refractivity contribution in [3.05, 3.63) is 65.6 Å². The first-order valence-corrected chi connectivity index (χ1v) is 10.9. The van der Waals surface area contributed by atoms with Crippen LogP contribution in [0, 0.1) is 5.82 Å². The van der Waals surface area contributed by atoms with Gasteiger partial charge in [0.15, 0.2) is 0 Å². The van der Waals surface area contributed by atoms with Crippen LogP contribution in [-0.4, -0.2) is 29.6 Å². The lowest BCUT2D eigenvalue weighted by atomic mass is 10.0. The van der Waals surface area contributed by atoms with Crippen molar-refractivity contribution in [3.8, 4) is 0 Å². The molecule has 0 radical (unpaired) electrons. The van der Waals surface area contributed by atoms with Gasteiger partial charge in [0.25, 0.3) is 0 Å². The fraction of sp³-hybridized carbons (Fsp3) is 0.320. The van der Waals surface area contributed by atoms with Gasteiger partial charge in [0, 0.05) is 65.8 Å². The molecule has 0 bridgehead atoms. The van der Waals surface area contributed by atoms with Crippen molar-refractivity contribution in [2.24, 2.45) is 0 Å². The topological polar surface area (TPSA) is 35.2 Å². The third-order valence-corrected chi connectivity index (χ3v) is 6.64. The van der Waals surface area contributed by atoms with Gasteiger partial charge in [0.2, 0.25) is 0 Å². The predicted octanol–water partition coefficient (Wildman–Crippen LogP) is 5.41. The number of pyridine rings is 1. The average Bonchev–Trinajstić information content (AvgIpc) is 3.16. The van der Waals surface area contributed by atoms with Gasteiger partial charge in [-0.2, -0.15) is 0 Å². The number of rotatable bonds is 2. The lowest BCUT2D eigenvalue weighted by Gasteiger charge is -2.30. The molecule has 1 N–H and O–H groups in total. The molecule has 152 valence electrons. The van der Waals surface area contributed by atoms with Crippen molar-refractivity contribution >= 4 is 33.3 Å². The molecule has 4 aromatic rings. The normalized spacial score (nSPS) is 17.0. The van der Waals surface area contributed by atoms with Crippen LogP contribution in [0.3, 0.4) is 0 Å². The maximum atomic E-state index is 13.8. The van der Waals surface area contributed by atoms with Crippen LogP contribution in [0.15, 0.2) is 48.5 Å². The summed E-state index contributed by atoms with van der Waals surface area (Å²) >= 11 is 0. The number of piperidine rings is 1. The highest BCUT2D eigenvalue weighted by atomic mass is 19.1. The van der Waals surface area contributed by atoms with E-state index < -0.39 is 0 Å². The number of nitrogens with one attached hydrogen (secondary N) is 1. The molecular weight excluding hydrogens is 375 g/mol. The zero-order valence-corrected chi connectivity index (χ0v) is 17.0. The van der Waals surface area contributed by atoms with E-state index in [9.17, 15) is 4.39 Å². The SMILES string of the molecule is Fc1ccc2[nH]c3c(c2c1)CN(c1ccc2ccc(N4CCCCC4)nc2c1)CC3. The molecule has 1 saturated heterocycles. The number of hydrogen-bond donors (Lipinski definition) is 1. The Balaban J connectivity index is 1.34. The first-order chi connectivity index (χ1) is 14.7. The molecule has 1 fully saturated rings. The summed E-state index contributed by atoms with van der Waals surface area (Å²) in [6.07, 6.45) is 4.76. The molecule has 4 nitrogen and oxygen atoms in total. The first-order valence-electron chi connectivity index (χ1n) is 10.9. The molecule has 5 heteroatoms. The predicted molar refractivity (Wildman–Crippen MR) is 121 cm³/mol. The first kappa shape index (κ1) is 17.8. The van der Waals surface area contributed by atoms with Crippen LogP contribution in [0.5, 0.6) is 0 Å². The van der Waals surface area contributed by atoms with E-state index in [0.29, 0.717) is 0 Å². The minimum atomic E-state index is -0.179. The second-order valence-corrected chi connectivity index (χ2v) is 8.54. The van der Waals surface area contributed by atoms with E-state index in [4.69, 9.17) is 4.98 Å². The lowest BCUT2D eigenvalue weighted by Crippen LogP contribution is -2.30. The maximum absolute atomic E-state index is 13.8. The number of aromatic nitrogens is 2. The van der Waals surface area contributed by atoms with E-state index in [0.717, 1.165) is 54.8 Å². The van der Waals surface area contributed by atoms with E-state index in [2.05, 4.69) is 45.1 Å². The van der Waals surface area contributed by atoms with Crippen LogP contribution in [0.2, 0.25) is 0 Å². The number of aromatic amines is 1. The number of anilines is 2. The Morgan fingerprint density at radius 2 is 1.73 bits per heavy atom. The highest BCUT2D eigenvalue weighted by molar-refractivity contribution is 5.87. The molecule has 0 spiro atoms. The summed E-state index contributed by atoms with van der Waals surface area (Å²) in [5.74, 6) is 0.911. The summed E-state index contributed by atoms with van der Waals surface area (Å²) in [5, 5.41) is 2.17. The Morgan fingerprint density at radius 3 is 2.63 bits per heavy atom. The van der Waals surface area contributed by atoms with Gasteiger partial charge in [-0.15, -0.1) is 0 Å². The molecule has 2 aromatic heterocycles. The third kappa shape index (κ3) is 3.00. The minimum absolute atomic E-state index is 0.179. The molecule has 4 heterocycles. The van der Waals surface area contributed by atoms with Crippen LogP contribution < -0.4 is 9.80 Å². The van der Waals surface area contributed by atoms with Crippen molar-refractivity contribution in [1.29, 1.82) is 0 Å². The molecule has 2 aliphatic rings. The zero-order valence-electron chi connectivity index (χ0n) is 17.0. The molecule has 0 saturated carbocycles. The molecule has 6 rings (SSSR count). The van der Waals surface area contributed by atoms with Crippen molar-refractivity contribution in [3.63, 3.8) is 0 Å². The summed E-state index contributed by atoms with van der Waals surface area (Å²) in [6, 6.07) is 15.9. The van der Waals surface area contributed by atoms with Crippen LogP contribution in [-0.2, 0) is 13.0 Å². The Labute approximate surface area is 175 Å². The Morgan fingerprint density at radius 1 is 0.867 bits per heavy atom. The number of fused-ring (bicyclic) bond motifs is 4. The quantitative estimate of drug-likeness (QED) is 0.489.